The zero-order valence-corrected chi connectivity index (χ0v) is 12.9. The number of aromatic amines is 2. The van der Waals surface area contributed by atoms with E-state index in [2.05, 4.69) is 33.4 Å². The van der Waals surface area contributed by atoms with Gasteiger partial charge in [-0.05, 0) is 50.0 Å². The van der Waals surface area contributed by atoms with Crippen LogP contribution in [0, 0.1) is 9.54 Å². The molecule has 96 valence electrons. The second kappa shape index (κ2) is 6.38. The smallest absolute Gasteiger partial charge is 0.205 e. The summed E-state index contributed by atoms with van der Waals surface area (Å²) in [4.78, 5) is 9.75. The van der Waals surface area contributed by atoms with Gasteiger partial charge in [-0.25, -0.2) is 0 Å². The van der Waals surface area contributed by atoms with Crippen molar-refractivity contribution in [3.8, 4) is 0 Å². The van der Waals surface area contributed by atoms with Crippen molar-refractivity contribution >= 4 is 38.7 Å². The van der Waals surface area contributed by atoms with Gasteiger partial charge in [-0.2, -0.15) is 4.98 Å². The van der Waals surface area contributed by atoms with Crippen molar-refractivity contribution in [2.24, 2.45) is 0 Å². The highest BCUT2D eigenvalue weighted by Gasteiger charge is 2.19. The molecule has 0 bridgehead atoms. The van der Waals surface area contributed by atoms with Gasteiger partial charge >= 0.3 is 0 Å². The van der Waals surface area contributed by atoms with Crippen molar-refractivity contribution in [2.45, 2.75) is 25.6 Å². The Morgan fingerprint density at radius 3 is 2.65 bits per heavy atom. The minimum atomic E-state index is -1.46. The lowest BCUT2D eigenvalue weighted by Crippen LogP contribution is -2.28. The first-order valence-corrected chi connectivity index (χ1v) is 9.36. The van der Waals surface area contributed by atoms with E-state index in [9.17, 15) is 0 Å². The van der Waals surface area contributed by atoms with E-state index in [4.69, 9.17) is 28.9 Å². The van der Waals surface area contributed by atoms with E-state index in [0.717, 1.165) is 19.0 Å². The molecule has 0 saturated heterocycles. The van der Waals surface area contributed by atoms with E-state index < -0.39 is 8.32 Å². The number of hydrogen-bond donors (Lipinski definition) is 3. The van der Waals surface area contributed by atoms with Crippen LogP contribution >= 0.6 is 24.4 Å². The minimum Gasteiger partial charge on any atom is -0.420 e. The number of rotatable bonds is 6. The standard InChI is InChI=1S/C9H18N4OS2Si/c1-14-17(2,3)6-4-5-10-7-11-8(15)13-9(16)12-7/h4-6H2,1-3H3,(H3,10,11,12,13,15,16). The van der Waals surface area contributed by atoms with Gasteiger partial charge < -0.3 is 19.7 Å². The molecule has 8 heteroatoms. The number of aromatic nitrogens is 3. The third-order valence-electron chi connectivity index (χ3n) is 2.47. The van der Waals surface area contributed by atoms with Gasteiger partial charge in [0.1, 0.15) is 0 Å². The van der Waals surface area contributed by atoms with Crippen LogP contribution in [0.3, 0.4) is 0 Å². The summed E-state index contributed by atoms with van der Waals surface area (Å²) in [7, 11) is 0.331. The predicted octanol–water partition coefficient (Wildman–Crippen LogP) is 2.85. The second-order valence-electron chi connectivity index (χ2n) is 4.34. The fraction of sp³-hybridized carbons (Fsp3) is 0.667. The van der Waals surface area contributed by atoms with Gasteiger partial charge in [-0.15, -0.1) is 0 Å². The Hall–Kier alpha value is -0.573. The molecule has 0 fully saturated rings. The molecule has 0 radical (unpaired) electrons. The largest absolute Gasteiger partial charge is 0.420 e. The van der Waals surface area contributed by atoms with Crippen LogP contribution in [0.15, 0.2) is 0 Å². The maximum Gasteiger partial charge on any atom is 0.205 e. The molecular formula is C9H18N4OS2Si. The van der Waals surface area contributed by atoms with Crippen LogP contribution in [-0.2, 0) is 4.43 Å². The molecule has 0 aromatic carbocycles. The van der Waals surface area contributed by atoms with Gasteiger partial charge in [0, 0.05) is 13.7 Å². The van der Waals surface area contributed by atoms with Crippen LogP contribution in [0.25, 0.3) is 0 Å². The van der Waals surface area contributed by atoms with Crippen molar-refractivity contribution in [1.29, 1.82) is 0 Å². The van der Waals surface area contributed by atoms with Gasteiger partial charge in [0.05, 0.1) is 0 Å². The van der Waals surface area contributed by atoms with E-state index >= 15 is 0 Å². The van der Waals surface area contributed by atoms with Crippen LogP contribution in [0.5, 0.6) is 0 Å². The Morgan fingerprint density at radius 1 is 1.35 bits per heavy atom. The summed E-state index contributed by atoms with van der Waals surface area (Å²) in [5.41, 5.74) is 0. The molecule has 0 spiro atoms. The summed E-state index contributed by atoms with van der Waals surface area (Å²) in [6.07, 6.45) is 1.04. The SMILES string of the molecule is CO[Si](C)(C)CCCNc1nc(=S)[nH]c(=S)[nH]1. The van der Waals surface area contributed by atoms with Crippen LogP contribution in [-0.4, -0.2) is 36.9 Å². The van der Waals surface area contributed by atoms with E-state index in [-0.39, 0.29) is 0 Å². The number of hydrogen-bond acceptors (Lipinski definition) is 5. The molecule has 0 amide bonds. The average Bonchev–Trinajstić information content (AvgIpc) is 2.23. The van der Waals surface area contributed by atoms with E-state index in [1.807, 2.05) is 0 Å². The molecule has 0 saturated carbocycles. The number of H-pyrrole nitrogens is 2. The lowest BCUT2D eigenvalue weighted by atomic mass is 10.5. The molecule has 1 aromatic rings. The molecule has 0 aliphatic carbocycles. The van der Waals surface area contributed by atoms with Crippen molar-refractivity contribution in [3.05, 3.63) is 9.54 Å². The molecule has 1 heterocycles. The number of nitrogens with zero attached hydrogens (tertiary/aromatic N) is 1. The molecule has 0 unspecified atom stereocenters. The predicted molar refractivity (Wildman–Crippen MR) is 77.0 cm³/mol. The van der Waals surface area contributed by atoms with Gasteiger partial charge in [-0.3, -0.25) is 0 Å². The van der Waals surface area contributed by atoms with Crippen molar-refractivity contribution < 1.29 is 4.43 Å². The molecule has 1 rings (SSSR count). The normalized spacial score (nSPS) is 11.5. The van der Waals surface area contributed by atoms with E-state index in [0.29, 0.717) is 15.5 Å². The Balaban J connectivity index is 2.41. The highest BCUT2D eigenvalue weighted by atomic mass is 32.1. The average molecular weight is 290 g/mol. The van der Waals surface area contributed by atoms with Crippen molar-refractivity contribution in [2.75, 3.05) is 19.0 Å². The molecule has 3 N–H and O–H groups in total. The minimum absolute atomic E-state index is 0.392. The molecule has 0 aliphatic heterocycles. The molecular weight excluding hydrogens is 272 g/mol. The fourth-order valence-corrected chi connectivity index (χ4v) is 2.98. The third kappa shape index (κ3) is 5.53. The van der Waals surface area contributed by atoms with Gasteiger partial charge in [0.2, 0.25) is 10.7 Å². The highest BCUT2D eigenvalue weighted by Crippen LogP contribution is 2.12. The van der Waals surface area contributed by atoms with Gasteiger partial charge in [-0.1, -0.05) is 0 Å². The molecule has 1 aromatic heterocycles. The summed E-state index contributed by atoms with van der Waals surface area (Å²) >= 11 is 9.91. The van der Waals surface area contributed by atoms with Crippen LogP contribution in [0.4, 0.5) is 5.95 Å². The topological polar surface area (TPSA) is 65.7 Å². The van der Waals surface area contributed by atoms with Crippen LogP contribution in [0.2, 0.25) is 19.1 Å². The third-order valence-corrected chi connectivity index (χ3v) is 5.53. The molecule has 17 heavy (non-hydrogen) atoms. The fourth-order valence-electron chi connectivity index (χ4n) is 1.30. The molecule has 5 nitrogen and oxygen atoms in total. The Labute approximate surface area is 112 Å². The van der Waals surface area contributed by atoms with Crippen molar-refractivity contribution in [3.63, 3.8) is 0 Å². The quantitative estimate of drug-likeness (QED) is 0.427. The summed E-state index contributed by atoms with van der Waals surface area (Å²) < 4.78 is 6.35. The summed E-state index contributed by atoms with van der Waals surface area (Å²) in [5.74, 6) is 0.621. The Morgan fingerprint density at radius 2 is 2.06 bits per heavy atom. The summed E-state index contributed by atoms with van der Waals surface area (Å²) in [5, 5.41) is 3.17. The van der Waals surface area contributed by atoms with Gasteiger partial charge in [0.25, 0.3) is 0 Å². The molecule has 0 atom stereocenters. The van der Waals surface area contributed by atoms with Gasteiger partial charge in [0.15, 0.2) is 13.1 Å². The lowest BCUT2D eigenvalue weighted by molar-refractivity contribution is 0.402. The number of nitrogens with one attached hydrogen (secondary N) is 3. The number of anilines is 1. The van der Waals surface area contributed by atoms with E-state index in [1.54, 1.807) is 7.11 Å². The maximum absolute atomic E-state index is 5.48. The van der Waals surface area contributed by atoms with Crippen LogP contribution < -0.4 is 5.32 Å². The first-order valence-electron chi connectivity index (χ1n) is 5.42. The Bertz CT molecular complexity index is 442. The first-order chi connectivity index (χ1) is 7.93. The summed E-state index contributed by atoms with van der Waals surface area (Å²) in [6.45, 7) is 5.24. The first kappa shape index (κ1) is 14.5. The van der Waals surface area contributed by atoms with E-state index in [1.165, 1.54) is 0 Å². The zero-order valence-electron chi connectivity index (χ0n) is 10.3. The monoisotopic (exact) mass is 290 g/mol. The van der Waals surface area contributed by atoms with Crippen LogP contribution in [0.1, 0.15) is 6.42 Å². The maximum atomic E-state index is 5.48. The summed E-state index contributed by atoms with van der Waals surface area (Å²) in [6, 6.07) is 1.11. The highest BCUT2D eigenvalue weighted by molar-refractivity contribution is 7.71. The zero-order chi connectivity index (χ0) is 12.9. The van der Waals surface area contributed by atoms with Crippen molar-refractivity contribution in [1.82, 2.24) is 15.0 Å². The Kier molecular flexibility index (Phi) is 5.44. The lowest BCUT2D eigenvalue weighted by Gasteiger charge is -2.19. The second-order valence-corrected chi connectivity index (χ2v) is 9.56. The molecule has 0 aliphatic rings.